The zero-order valence-electron chi connectivity index (χ0n) is 18.7. The summed E-state index contributed by atoms with van der Waals surface area (Å²) in [6.45, 7) is 2.99. The third-order valence-electron chi connectivity index (χ3n) is 5.46. The van der Waals surface area contributed by atoms with E-state index in [1.807, 2.05) is 55.5 Å². The number of hydrogen-bond donors (Lipinski definition) is 2. The van der Waals surface area contributed by atoms with Crippen molar-refractivity contribution in [2.45, 2.75) is 18.8 Å². The van der Waals surface area contributed by atoms with E-state index in [9.17, 15) is 4.79 Å². The Morgan fingerprint density at radius 3 is 2.85 bits per heavy atom. The number of thioether (sulfide) groups is 1. The summed E-state index contributed by atoms with van der Waals surface area (Å²) in [7, 11) is 1.59. The number of ether oxygens (including phenoxy) is 2. The Kier molecular flexibility index (Phi) is 6.48. The van der Waals surface area contributed by atoms with Crippen LogP contribution in [0.25, 0.3) is 11.4 Å². The normalized spacial score (nSPS) is 19.6. The van der Waals surface area contributed by atoms with Crippen molar-refractivity contribution in [2.75, 3.05) is 25.2 Å². The second-order valence-corrected chi connectivity index (χ2v) is 8.54. The highest BCUT2D eigenvalue weighted by molar-refractivity contribution is 8.13. The largest absolute Gasteiger partial charge is 0.493 e. The van der Waals surface area contributed by atoms with E-state index in [2.05, 4.69) is 21.0 Å². The molecule has 0 spiro atoms. The second kappa shape index (κ2) is 9.84. The number of nitrogens with zero attached hydrogens (tertiary/aromatic N) is 4. The van der Waals surface area contributed by atoms with Gasteiger partial charge in [-0.25, -0.2) is 10.4 Å². The molecule has 1 amide bonds. The van der Waals surface area contributed by atoms with Crippen molar-refractivity contribution in [1.82, 2.24) is 21.0 Å². The molecule has 2 aliphatic heterocycles. The van der Waals surface area contributed by atoms with E-state index >= 15 is 0 Å². The lowest BCUT2D eigenvalue weighted by Crippen LogP contribution is -2.49. The molecule has 34 heavy (non-hydrogen) atoms. The maximum absolute atomic E-state index is 13.2. The van der Waals surface area contributed by atoms with E-state index in [1.54, 1.807) is 12.0 Å². The number of amidine groups is 1. The molecular formula is C23H24N6O4S. The molecule has 1 aromatic heterocycles. The van der Waals surface area contributed by atoms with Crippen molar-refractivity contribution >= 4 is 28.5 Å². The number of anilines is 1. The van der Waals surface area contributed by atoms with Crippen LogP contribution in [-0.2, 0) is 10.5 Å². The topological polar surface area (TPSA) is 114 Å². The number of carbonyl (C=O) groups excluding carboxylic acids is 1. The second-order valence-electron chi connectivity index (χ2n) is 7.60. The zero-order valence-corrected chi connectivity index (χ0v) is 19.5. The molecule has 2 atom stereocenters. The number of carbonyl (C=O) groups is 1. The number of hydrazine groups is 1. The van der Waals surface area contributed by atoms with Gasteiger partial charge in [-0.15, -0.1) is 0 Å². The van der Waals surface area contributed by atoms with Crippen molar-refractivity contribution in [3.05, 3.63) is 54.4 Å². The minimum atomic E-state index is -0.301. The van der Waals surface area contributed by atoms with Gasteiger partial charge in [-0.1, -0.05) is 35.1 Å². The van der Waals surface area contributed by atoms with Crippen LogP contribution in [0.15, 0.2) is 58.0 Å². The van der Waals surface area contributed by atoms with Gasteiger partial charge in [0.2, 0.25) is 17.6 Å². The van der Waals surface area contributed by atoms with Gasteiger partial charge in [0.05, 0.1) is 31.1 Å². The quantitative estimate of drug-likeness (QED) is 0.527. The monoisotopic (exact) mass is 480 g/mol. The van der Waals surface area contributed by atoms with Gasteiger partial charge in [-0.3, -0.25) is 15.1 Å². The van der Waals surface area contributed by atoms with Crippen molar-refractivity contribution < 1.29 is 18.8 Å². The number of rotatable bonds is 7. The van der Waals surface area contributed by atoms with Gasteiger partial charge in [-0.2, -0.15) is 4.98 Å². The van der Waals surface area contributed by atoms with Gasteiger partial charge < -0.3 is 14.0 Å². The molecule has 2 N–H and O–H groups in total. The van der Waals surface area contributed by atoms with E-state index in [4.69, 9.17) is 19.0 Å². The SMILES string of the molecule is CCOc1ccc(-c2noc(CSC3=NC4NNCC4C(=O)N3c3ccccc3)n2)cc1OC. The number of hydrogen-bond acceptors (Lipinski definition) is 10. The summed E-state index contributed by atoms with van der Waals surface area (Å²) < 4.78 is 16.5. The summed E-state index contributed by atoms with van der Waals surface area (Å²) in [4.78, 5) is 24.2. The number of amides is 1. The Bertz CT molecular complexity index is 1200. The highest BCUT2D eigenvalue weighted by atomic mass is 32.2. The Morgan fingerprint density at radius 2 is 2.06 bits per heavy atom. The molecule has 10 nitrogen and oxygen atoms in total. The molecule has 3 aromatic rings. The molecule has 176 valence electrons. The highest BCUT2D eigenvalue weighted by Crippen LogP contribution is 2.33. The van der Waals surface area contributed by atoms with Crippen LogP contribution in [0, 0.1) is 5.92 Å². The first kappa shape index (κ1) is 22.4. The van der Waals surface area contributed by atoms with Crippen LogP contribution in [0.3, 0.4) is 0 Å². The van der Waals surface area contributed by atoms with Crippen molar-refractivity contribution in [3.8, 4) is 22.9 Å². The van der Waals surface area contributed by atoms with Gasteiger partial charge in [0.15, 0.2) is 16.7 Å². The van der Waals surface area contributed by atoms with Crippen LogP contribution < -0.4 is 25.2 Å². The summed E-state index contributed by atoms with van der Waals surface area (Å²) in [5, 5.41) is 4.69. The van der Waals surface area contributed by atoms with Crippen molar-refractivity contribution in [3.63, 3.8) is 0 Å². The number of benzene rings is 2. The molecule has 1 fully saturated rings. The number of para-hydroxylation sites is 1. The van der Waals surface area contributed by atoms with E-state index in [0.717, 1.165) is 11.3 Å². The summed E-state index contributed by atoms with van der Waals surface area (Å²) in [5.41, 5.74) is 7.62. The van der Waals surface area contributed by atoms with Crippen molar-refractivity contribution in [2.24, 2.45) is 10.9 Å². The summed E-state index contributed by atoms with van der Waals surface area (Å²) in [6, 6.07) is 15.0. The van der Waals surface area contributed by atoms with E-state index in [1.165, 1.54) is 11.8 Å². The van der Waals surface area contributed by atoms with Crippen LogP contribution in [0.2, 0.25) is 0 Å². The molecule has 11 heteroatoms. The summed E-state index contributed by atoms with van der Waals surface area (Å²) >= 11 is 1.38. The molecule has 2 aliphatic rings. The molecule has 0 radical (unpaired) electrons. The standard InChI is InChI=1S/C23H24N6O4S/c1-3-32-17-10-9-14(11-18(17)31-2)20-25-19(33-28-20)13-34-23-26-21-16(12-24-27-21)22(30)29(23)15-7-5-4-6-8-15/h4-11,16,21,24,27H,3,12-13H2,1-2H3. The Hall–Kier alpha value is -3.41. The minimum Gasteiger partial charge on any atom is -0.493 e. The molecule has 2 unspecified atom stereocenters. The summed E-state index contributed by atoms with van der Waals surface area (Å²) in [5.74, 6) is 2.23. The fourth-order valence-corrected chi connectivity index (χ4v) is 4.70. The van der Waals surface area contributed by atoms with Gasteiger partial charge in [0.25, 0.3) is 0 Å². The predicted molar refractivity (Wildman–Crippen MR) is 129 cm³/mol. The lowest BCUT2D eigenvalue weighted by Gasteiger charge is -2.32. The fraction of sp³-hybridized carbons (Fsp3) is 0.304. The van der Waals surface area contributed by atoms with Gasteiger partial charge >= 0.3 is 0 Å². The smallest absolute Gasteiger partial charge is 0.241 e. The van der Waals surface area contributed by atoms with Crippen LogP contribution in [-0.4, -0.2) is 47.6 Å². The first-order valence-electron chi connectivity index (χ1n) is 10.9. The number of methoxy groups -OCH3 is 1. The molecule has 1 saturated heterocycles. The zero-order chi connectivity index (χ0) is 23.5. The number of aliphatic imine (C=N–C) groups is 1. The number of aromatic nitrogens is 2. The van der Waals surface area contributed by atoms with E-state index in [-0.39, 0.29) is 18.0 Å². The lowest BCUT2D eigenvalue weighted by molar-refractivity contribution is -0.121. The van der Waals surface area contributed by atoms with Crippen molar-refractivity contribution in [1.29, 1.82) is 0 Å². The molecule has 3 heterocycles. The van der Waals surface area contributed by atoms with Crippen LogP contribution in [0.4, 0.5) is 5.69 Å². The van der Waals surface area contributed by atoms with Crippen LogP contribution in [0.1, 0.15) is 12.8 Å². The first-order valence-corrected chi connectivity index (χ1v) is 11.9. The lowest BCUT2D eigenvalue weighted by atomic mass is 10.1. The number of nitrogens with one attached hydrogen (secondary N) is 2. The van der Waals surface area contributed by atoms with E-state index in [0.29, 0.717) is 47.3 Å². The first-order chi connectivity index (χ1) is 16.7. The summed E-state index contributed by atoms with van der Waals surface area (Å²) in [6.07, 6.45) is -0.301. The Balaban J connectivity index is 1.35. The third kappa shape index (κ3) is 4.37. The minimum absolute atomic E-state index is 0.00102. The van der Waals surface area contributed by atoms with Gasteiger partial charge in [0, 0.05) is 12.1 Å². The Labute approximate surface area is 200 Å². The Morgan fingerprint density at radius 1 is 1.21 bits per heavy atom. The molecule has 5 rings (SSSR count). The molecule has 0 bridgehead atoms. The molecule has 0 aliphatic carbocycles. The van der Waals surface area contributed by atoms with E-state index < -0.39 is 0 Å². The van der Waals surface area contributed by atoms with Crippen LogP contribution in [0.5, 0.6) is 11.5 Å². The molecule has 2 aromatic carbocycles. The van der Waals surface area contributed by atoms with Crippen LogP contribution >= 0.6 is 11.8 Å². The van der Waals surface area contributed by atoms with Gasteiger partial charge in [-0.05, 0) is 37.3 Å². The average Bonchev–Trinajstić information content (AvgIpc) is 3.54. The fourth-order valence-electron chi connectivity index (χ4n) is 3.82. The number of fused-ring (bicyclic) bond motifs is 1. The highest BCUT2D eigenvalue weighted by Gasteiger charge is 2.42. The molecular weight excluding hydrogens is 456 g/mol. The third-order valence-corrected chi connectivity index (χ3v) is 6.40. The van der Waals surface area contributed by atoms with Gasteiger partial charge in [0.1, 0.15) is 6.17 Å². The average molecular weight is 481 g/mol. The predicted octanol–water partition coefficient (Wildman–Crippen LogP) is 2.83. The molecule has 0 saturated carbocycles. The maximum atomic E-state index is 13.2. The maximum Gasteiger partial charge on any atom is 0.241 e.